The summed E-state index contributed by atoms with van der Waals surface area (Å²) < 4.78 is 18.3. The number of hydrogen-bond donors (Lipinski definition) is 2. The molecule has 16 heavy (non-hydrogen) atoms. The van der Waals surface area contributed by atoms with Crippen molar-refractivity contribution in [2.45, 2.75) is 19.4 Å². The second kappa shape index (κ2) is 4.49. The van der Waals surface area contributed by atoms with Crippen molar-refractivity contribution in [3.8, 4) is 5.75 Å². The minimum Gasteiger partial charge on any atom is -0.488 e. The molecule has 2 N–H and O–H groups in total. The van der Waals surface area contributed by atoms with Crippen molar-refractivity contribution in [2.24, 2.45) is 0 Å². The quantitative estimate of drug-likeness (QED) is 0.822. The number of benzene rings is 1. The highest BCUT2D eigenvalue weighted by molar-refractivity contribution is 5.87. The fourth-order valence-corrected chi connectivity index (χ4v) is 1.01. The van der Waals surface area contributed by atoms with E-state index in [-0.39, 0.29) is 17.9 Å². The van der Waals surface area contributed by atoms with Crippen LogP contribution in [0.1, 0.15) is 24.2 Å². The van der Waals surface area contributed by atoms with Gasteiger partial charge in [0.15, 0.2) is 11.6 Å². The first-order chi connectivity index (χ1) is 7.29. The number of carboxylic acid groups (broad SMARTS) is 1. The molecule has 1 rings (SSSR count). The van der Waals surface area contributed by atoms with E-state index in [1.54, 1.807) is 0 Å². The number of carbonyl (C=O) groups is 1. The molecule has 88 valence electrons. The molecule has 0 radical (unpaired) electrons. The molecule has 0 saturated carbocycles. The van der Waals surface area contributed by atoms with E-state index in [9.17, 15) is 14.3 Å². The molecule has 0 aliphatic rings. The molecular weight excluding hydrogens is 215 g/mol. The van der Waals surface area contributed by atoms with Crippen molar-refractivity contribution in [1.29, 1.82) is 0 Å². The summed E-state index contributed by atoms with van der Waals surface area (Å²) in [6, 6.07) is 3.34. The number of halogens is 1. The molecule has 0 bridgehead atoms. The smallest absolute Gasteiger partial charge is 0.335 e. The molecule has 0 spiro atoms. The highest BCUT2D eigenvalue weighted by Crippen LogP contribution is 2.19. The number of aromatic carboxylic acids is 1. The van der Waals surface area contributed by atoms with Crippen LogP contribution in [0, 0.1) is 5.82 Å². The van der Waals surface area contributed by atoms with E-state index in [0.717, 1.165) is 6.07 Å². The van der Waals surface area contributed by atoms with E-state index in [0.29, 0.717) is 0 Å². The maximum Gasteiger partial charge on any atom is 0.335 e. The van der Waals surface area contributed by atoms with E-state index >= 15 is 0 Å². The van der Waals surface area contributed by atoms with Crippen LogP contribution in [0.3, 0.4) is 0 Å². The van der Waals surface area contributed by atoms with Gasteiger partial charge in [0.1, 0.15) is 6.61 Å². The Balaban J connectivity index is 2.80. The summed E-state index contributed by atoms with van der Waals surface area (Å²) >= 11 is 0. The molecule has 4 nitrogen and oxygen atoms in total. The van der Waals surface area contributed by atoms with Gasteiger partial charge in [-0.25, -0.2) is 9.18 Å². The van der Waals surface area contributed by atoms with Crippen molar-refractivity contribution in [2.75, 3.05) is 6.61 Å². The Kier molecular flexibility index (Phi) is 3.49. The van der Waals surface area contributed by atoms with Gasteiger partial charge in [-0.05, 0) is 32.0 Å². The van der Waals surface area contributed by atoms with Gasteiger partial charge in [0.25, 0.3) is 0 Å². The number of carboxylic acids is 1. The van der Waals surface area contributed by atoms with E-state index in [1.807, 2.05) is 0 Å². The first-order valence-corrected chi connectivity index (χ1v) is 4.67. The van der Waals surface area contributed by atoms with E-state index in [4.69, 9.17) is 9.84 Å². The molecule has 1 aromatic rings. The fraction of sp³-hybridized carbons (Fsp3) is 0.364. The van der Waals surface area contributed by atoms with Crippen molar-refractivity contribution >= 4 is 5.97 Å². The van der Waals surface area contributed by atoms with Gasteiger partial charge in [0, 0.05) is 0 Å². The average molecular weight is 228 g/mol. The van der Waals surface area contributed by atoms with Crippen LogP contribution in [-0.2, 0) is 0 Å². The van der Waals surface area contributed by atoms with Gasteiger partial charge in [-0.2, -0.15) is 0 Å². The standard InChI is InChI=1S/C11H13FO4/c1-11(2,15)6-16-9-4-3-7(10(13)14)5-8(9)12/h3-5,15H,6H2,1-2H3,(H,13,14). The monoisotopic (exact) mass is 228 g/mol. The molecule has 0 atom stereocenters. The van der Waals surface area contributed by atoms with Gasteiger partial charge in [0.05, 0.1) is 11.2 Å². The highest BCUT2D eigenvalue weighted by atomic mass is 19.1. The Morgan fingerprint density at radius 1 is 1.50 bits per heavy atom. The summed E-state index contributed by atoms with van der Waals surface area (Å²) in [6.45, 7) is 2.98. The summed E-state index contributed by atoms with van der Waals surface area (Å²) in [7, 11) is 0. The molecule has 0 aromatic heterocycles. The molecule has 0 aliphatic heterocycles. The zero-order valence-electron chi connectivity index (χ0n) is 9.03. The van der Waals surface area contributed by atoms with Gasteiger partial charge >= 0.3 is 5.97 Å². The lowest BCUT2D eigenvalue weighted by Gasteiger charge is -2.18. The van der Waals surface area contributed by atoms with Crippen LogP contribution < -0.4 is 4.74 Å². The Hall–Kier alpha value is -1.62. The lowest BCUT2D eigenvalue weighted by Crippen LogP contribution is -2.28. The predicted octanol–water partition coefficient (Wildman–Crippen LogP) is 1.67. The summed E-state index contributed by atoms with van der Waals surface area (Å²) in [4.78, 5) is 10.5. The lowest BCUT2D eigenvalue weighted by molar-refractivity contribution is 0.0271. The Labute approximate surface area is 92.3 Å². The molecule has 0 unspecified atom stereocenters. The Morgan fingerprint density at radius 2 is 2.12 bits per heavy atom. The van der Waals surface area contributed by atoms with Crippen molar-refractivity contribution < 1.29 is 24.1 Å². The van der Waals surface area contributed by atoms with Crippen molar-refractivity contribution in [3.05, 3.63) is 29.6 Å². The van der Waals surface area contributed by atoms with Crippen LogP contribution in [0.25, 0.3) is 0 Å². The number of hydrogen-bond acceptors (Lipinski definition) is 3. The lowest BCUT2D eigenvalue weighted by atomic mass is 10.1. The minimum absolute atomic E-state index is 0.0731. The molecule has 1 aromatic carbocycles. The third-order valence-electron chi connectivity index (χ3n) is 1.76. The van der Waals surface area contributed by atoms with Gasteiger partial charge in [-0.3, -0.25) is 0 Å². The molecule has 5 heteroatoms. The van der Waals surface area contributed by atoms with Crippen molar-refractivity contribution in [3.63, 3.8) is 0 Å². The van der Waals surface area contributed by atoms with Gasteiger partial charge in [0.2, 0.25) is 0 Å². The second-order valence-electron chi connectivity index (χ2n) is 4.05. The molecule has 0 heterocycles. The Morgan fingerprint density at radius 3 is 2.56 bits per heavy atom. The zero-order chi connectivity index (χ0) is 12.3. The minimum atomic E-state index is -1.20. The summed E-state index contributed by atoms with van der Waals surface area (Å²) in [5, 5.41) is 18.0. The number of aliphatic hydroxyl groups is 1. The second-order valence-corrected chi connectivity index (χ2v) is 4.05. The van der Waals surface area contributed by atoms with E-state index < -0.39 is 17.4 Å². The molecule has 0 fully saturated rings. The highest BCUT2D eigenvalue weighted by Gasteiger charge is 2.15. The average Bonchev–Trinajstić information content (AvgIpc) is 2.14. The van der Waals surface area contributed by atoms with Crippen LogP contribution in [-0.4, -0.2) is 28.4 Å². The molecule has 0 amide bonds. The maximum atomic E-state index is 13.3. The third kappa shape index (κ3) is 3.51. The largest absolute Gasteiger partial charge is 0.488 e. The van der Waals surface area contributed by atoms with E-state index in [1.165, 1.54) is 26.0 Å². The SMILES string of the molecule is CC(C)(O)COc1ccc(C(=O)O)cc1F. The summed E-state index contributed by atoms with van der Waals surface area (Å²) in [5.41, 5.74) is -1.22. The maximum absolute atomic E-state index is 13.3. The van der Waals surface area contributed by atoms with Gasteiger partial charge < -0.3 is 14.9 Å². The van der Waals surface area contributed by atoms with Crippen molar-refractivity contribution in [1.82, 2.24) is 0 Å². The molecule has 0 aliphatic carbocycles. The summed E-state index contributed by atoms with van der Waals surface area (Å²) in [5.74, 6) is -2.04. The molecule has 0 saturated heterocycles. The normalized spacial score (nSPS) is 11.2. The van der Waals surface area contributed by atoms with Crippen LogP contribution in [0.5, 0.6) is 5.75 Å². The van der Waals surface area contributed by atoms with Crippen LogP contribution in [0.4, 0.5) is 4.39 Å². The van der Waals surface area contributed by atoms with Crippen LogP contribution in [0.2, 0.25) is 0 Å². The Bertz CT molecular complexity index is 395. The number of ether oxygens (including phenoxy) is 1. The topological polar surface area (TPSA) is 66.8 Å². The van der Waals surface area contributed by atoms with E-state index in [2.05, 4.69) is 0 Å². The van der Waals surface area contributed by atoms with Crippen LogP contribution >= 0.6 is 0 Å². The zero-order valence-corrected chi connectivity index (χ0v) is 9.03. The fourth-order valence-electron chi connectivity index (χ4n) is 1.01. The third-order valence-corrected chi connectivity index (χ3v) is 1.76. The van der Waals surface area contributed by atoms with Gasteiger partial charge in [-0.15, -0.1) is 0 Å². The van der Waals surface area contributed by atoms with Crippen LogP contribution in [0.15, 0.2) is 18.2 Å². The molecular formula is C11H13FO4. The van der Waals surface area contributed by atoms with Gasteiger partial charge in [-0.1, -0.05) is 0 Å². The summed E-state index contributed by atoms with van der Waals surface area (Å²) in [6.07, 6.45) is 0. The first-order valence-electron chi connectivity index (χ1n) is 4.67. The first kappa shape index (κ1) is 12.4. The predicted molar refractivity (Wildman–Crippen MR) is 55.2 cm³/mol. The number of rotatable bonds is 4.